The fourth-order valence-electron chi connectivity index (χ4n) is 2.93. The fourth-order valence-corrected chi connectivity index (χ4v) is 2.93. The van der Waals surface area contributed by atoms with Gasteiger partial charge in [0.1, 0.15) is 0 Å². The van der Waals surface area contributed by atoms with Crippen molar-refractivity contribution in [1.29, 1.82) is 0 Å². The number of hydrogen-bond acceptors (Lipinski definition) is 0. The molecule has 0 heterocycles. The van der Waals surface area contributed by atoms with Gasteiger partial charge >= 0.3 is 0 Å². The van der Waals surface area contributed by atoms with Gasteiger partial charge in [0.25, 0.3) is 0 Å². The van der Waals surface area contributed by atoms with Crippen LogP contribution in [0.1, 0.15) is 77.2 Å². The van der Waals surface area contributed by atoms with E-state index in [1.165, 1.54) is 50.5 Å². The first-order valence-corrected chi connectivity index (χ1v) is 7.80. The Morgan fingerprint density at radius 1 is 1.00 bits per heavy atom. The van der Waals surface area contributed by atoms with Crippen LogP contribution in [0.3, 0.4) is 0 Å². The summed E-state index contributed by atoms with van der Waals surface area (Å²) < 4.78 is 0. The van der Waals surface area contributed by atoms with Crippen LogP contribution in [0.4, 0.5) is 0 Å². The maximum atomic E-state index is 3.46. The summed E-state index contributed by atoms with van der Waals surface area (Å²) in [6, 6.07) is 12.0. The highest BCUT2D eigenvalue weighted by molar-refractivity contribution is 5.18. The van der Waals surface area contributed by atoms with E-state index in [2.05, 4.69) is 51.1 Å². The average molecular weight is 245 g/mol. The van der Waals surface area contributed by atoms with E-state index in [1.54, 1.807) is 0 Å². The molecule has 1 radical (unpaired) electrons. The van der Waals surface area contributed by atoms with Gasteiger partial charge in [0.05, 0.1) is 0 Å². The predicted molar refractivity (Wildman–Crippen MR) is 80.9 cm³/mol. The maximum absolute atomic E-state index is 3.46. The van der Waals surface area contributed by atoms with Crippen LogP contribution in [0.25, 0.3) is 0 Å². The van der Waals surface area contributed by atoms with Crippen LogP contribution in [0, 0.1) is 12.0 Å². The Morgan fingerprint density at radius 3 is 2.33 bits per heavy atom. The van der Waals surface area contributed by atoms with E-state index in [-0.39, 0.29) is 0 Å². The van der Waals surface area contributed by atoms with Gasteiger partial charge < -0.3 is 0 Å². The molecular weight excluding hydrogens is 216 g/mol. The van der Waals surface area contributed by atoms with Gasteiger partial charge in [-0.05, 0) is 29.9 Å². The Labute approximate surface area is 114 Å². The molecule has 0 spiro atoms. The molecule has 0 saturated heterocycles. The Bertz CT molecular complexity index is 284. The van der Waals surface area contributed by atoms with Crippen LogP contribution < -0.4 is 0 Å². The second-order valence-electron chi connectivity index (χ2n) is 5.35. The van der Waals surface area contributed by atoms with Gasteiger partial charge in [0, 0.05) is 0 Å². The molecule has 0 aliphatic carbocycles. The minimum atomic E-state index is 0.720. The van der Waals surface area contributed by atoms with E-state index in [0.717, 1.165) is 11.8 Å². The number of rotatable bonds is 9. The van der Waals surface area contributed by atoms with Crippen molar-refractivity contribution in [2.45, 2.75) is 71.6 Å². The van der Waals surface area contributed by atoms with Crippen molar-refractivity contribution in [3.63, 3.8) is 0 Å². The zero-order valence-electron chi connectivity index (χ0n) is 12.4. The molecule has 1 rings (SSSR count). The quantitative estimate of drug-likeness (QED) is 0.470. The summed E-state index contributed by atoms with van der Waals surface area (Å²) in [4.78, 5) is 0. The van der Waals surface area contributed by atoms with Crippen LogP contribution in [-0.4, -0.2) is 0 Å². The number of hydrogen-bond donors (Lipinski definition) is 0. The van der Waals surface area contributed by atoms with Crippen LogP contribution in [0.5, 0.6) is 0 Å². The van der Waals surface area contributed by atoms with Crippen LogP contribution >= 0.6 is 0 Å². The third-order valence-corrected chi connectivity index (χ3v) is 4.12. The molecule has 0 bridgehead atoms. The van der Waals surface area contributed by atoms with E-state index in [4.69, 9.17) is 0 Å². The lowest BCUT2D eigenvalue weighted by Crippen LogP contribution is -2.12. The Balaban J connectivity index is 2.63. The highest BCUT2D eigenvalue weighted by Crippen LogP contribution is 2.33. The highest BCUT2D eigenvalue weighted by Gasteiger charge is 2.19. The lowest BCUT2D eigenvalue weighted by Gasteiger charge is -2.25. The molecule has 101 valence electrons. The Morgan fingerprint density at radius 2 is 1.78 bits per heavy atom. The molecular formula is C18H29. The summed E-state index contributed by atoms with van der Waals surface area (Å²) in [5, 5.41) is 0. The second-order valence-corrected chi connectivity index (χ2v) is 5.35. The largest absolute Gasteiger partial charge is 0.0654 e. The molecule has 1 aromatic rings. The normalized spacial score (nSPS) is 12.9. The van der Waals surface area contributed by atoms with Crippen molar-refractivity contribution in [1.82, 2.24) is 0 Å². The Kier molecular flexibility index (Phi) is 7.80. The third-order valence-electron chi connectivity index (χ3n) is 4.12. The second kappa shape index (κ2) is 9.19. The molecule has 0 saturated carbocycles. The predicted octanol–water partition coefficient (Wildman–Crippen LogP) is 5.98. The molecule has 1 aromatic carbocycles. The summed E-state index contributed by atoms with van der Waals surface area (Å²) >= 11 is 0. The van der Waals surface area contributed by atoms with Gasteiger partial charge in [-0.1, -0.05) is 83.6 Å². The fraction of sp³-hybridized carbons (Fsp3) is 0.667. The standard InChI is InChI=1S/C18H29/c1-4-7-8-12-15-18(16(5-2)6-3)17-13-10-9-11-14-17/h9-11,13,16,18H,4-8,12,15H2,1-3H3. The first kappa shape index (κ1) is 15.3. The molecule has 1 unspecified atom stereocenters. The van der Waals surface area contributed by atoms with Crippen molar-refractivity contribution in [3.05, 3.63) is 35.9 Å². The zero-order valence-corrected chi connectivity index (χ0v) is 12.4. The zero-order chi connectivity index (χ0) is 13.2. The molecule has 0 aliphatic heterocycles. The molecule has 18 heavy (non-hydrogen) atoms. The van der Waals surface area contributed by atoms with Gasteiger partial charge in [-0.25, -0.2) is 0 Å². The molecule has 0 amide bonds. The smallest absolute Gasteiger partial charge is 0.0128 e. The molecule has 0 nitrogen and oxygen atoms in total. The van der Waals surface area contributed by atoms with E-state index in [1.807, 2.05) is 0 Å². The number of unbranched alkanes of at least 4 members (excludes halogenated alkanes) is 3. The minimum Gasteiger partial charge on any atom is -0.0654 e. The van der Waals surface area contributed by atoms with E-state index in [9.17, 15) is 0 Å². The highest BCUT2D eigenvalue weighted by atomic mass is 14.2. The topological polar surface area (TPSA) is 0 Å². The van der Waals surface area contributed by atoms with E-state index < -0.39 is 0 Å². The van der Waals surface area contributed by atoms with Crippen LogP contribution in [0.15, 0.2) is 24.3 Å². The van der Waals surface area contributed by atoms with Gasteiger partial charge in [0.2, 0.25) is 0 Å². The first-order valence-electron chi connectivity index (χ1n) is 7.80. The summed E-state index contributed by atoms with van der Waals surface area (Å²) in [7, 11) is 0. The molecule has 0 aromatic heterocycles. The van der Waals surface area contributed by atoms with Gasteiger partial charge in [-0.2, -0.15) is 0 Å². The van der Waals surface area contributed by atoms with Crippen LogP contribution in [-0.2, 0) is 0 Å². The summed E-state index contributed by atoms with van der Waals surface area (Å²) in [5.41, 5.74) is 1.43. The number of benzene rings is 1. The molecule has 0 heteroatoms. The summed E-state index contributed by atoms with van der Waals surface area (Å²) in [6.45, 7) is 6.94. The molecule has 1 atom stereocenters. The summed E-state index contributed by atoms with van der Waals surface area (Å²) in [5.74, 6) is 1.54. The first-order chi connectivity index (χ1) is 8.83. The van der Waals surface area contributed by atoms with Crippen molar-refractivity contribution >= 4 is 0 Å². The maximum Gasteiger partial charge on any atom is -0.0128 e. The van der Waals surface area contributed by atoms with Crippen LogP contribution in [0.2, 0.25) is 0 Å². The Hall–Kier alpha value is -0.780. The lowest BCUT2D eigenvalue weighted by molar-refractivity contribution is 0.367. The van der Waals surface area contributed by atoms with Crippen molar-refractivity contribution in [2.24, 2.45) is 5.92 Å². The van der Waals surface area contributed by atoms with Crippen molar-refractivity contribution < 1.29 is 0 Å². The van der Waals surface area contributed by atoms with Gasteiger partial charge in [-0.3, -0.25) is 0 Å². The average Bonchev–Trinajstić information content (AvgIpc) is 2.43. The molecule has 0 N–H and O–H groups in total. The minimum absolute atomic E-state index is 0.720. The SMILES string of the molecule is CCCCCCC(c1[c]cccc1)C(CC)CC. The van der Waals surface area contributed by atoms with Gasteiger partial charge in [-0.15, -0.1) is 0 Å². The lowest BCUT2D eigenvalue weighted by atomic mass is 9.79. The van der Waals surface area contributed by atoms with Gasteiger partial charge in [0.15, 0.2) is 0 Å². The van der Waals surface area contributed by atoms with Crippen molar-refractivity contribution in [3.8, 4) is 0 Å². The summed E-state index contributed by atoms with van der Waals surface area (Å²) in [6.07, 6.45) is 9.39. The van der Waals surface area contributed by atoms with Crippen molar-refractivity contribution in [2.75, 3.05) is 0 Å². The molecule has 0 aliphatic rings. The third kappa shape index (κ3) is 4.84. The molecule has 0 fully saturated rings. The monoisotopic (exact) mass is 245 g/mol. The van der Waals surface area contributed by atoms with E-state index >= 15 is 0 Å². The van der Waals surface area contributed by atoms with E-state index in [0.29, 0.717) is 0 Å².